The number of carbonyl (C=O) groups excluding carboxylic acids is 1. The SMILES string of the molecule is COCC(=O)NC[C@H]1CCN(Cc2[nH]c3ccc(F)cc3c2C)C1. The summed E-state index contributed by atoms with van der Waals surface area (Å²) in [5.41, 5.74) is 3.23. The number of aromatic amines is 1. The second-order valence-electron chi connectivity index (χ2n) is 6.55. The van der Waals surface area contributed by atoms with Crippen LogP contribution in [0.25, 0.3) is 10.9 Å². The van der Waals surface area contributed by atoms with Crippen molar-refractivity contribution < 1.29 is 13.9 Å². The van der Waals surface area contributed by atoms with E-state index in [1.165, 1.54) is 13.2 Å². The number of nitrogens with one attached hydrogen (secondary N) is 2. The number of methoxy groups -OCH3 is 1. The second kappa shape index (κ2) is 7.32. The van der Waals surface area contributed by atoms with Crippen molar-refractivity contribution in [2.45, 2.75) is 19.9 Å². The van der Waals surface area contributed by atoms with Gasteiger partial charge in [-0.25, -0.2) is 4.39 Å². The molecule has 130 valence electrons. The van der Waals surface area contributed by atoms with Gasteiger partial charge in [-0.2, -0.15) is 0 Å². The number of hydrogen-bond donors (Lipinski definition) is 2. The molecule has 0 bridgehead atoms. The van der Waals surface area contributed by atoms with E-state index in [1.54, 1.807) is 12.1 Å². The van der Waals surface area contributed by atoms with Gasteiger partial charge in [0.25, 0.3) is 0 Å². The minimum absolute atomic E-state index is 0.0653. The largest absolute Gasteiger partial charge is 0.375 e. The third-order valence-corrected chi connectivity index (χ3v) is 4.74. The first-order valence-corrected chi connectivity index (χ1v) is 8.31. The fraction of sp³-hybridized carbons (Fsp3) is 0.500. The first kappa shape index (κ1) is 16.9. The molecule has 5 nitrogen and oxygen atoms in total. The van der Waals surface area contributed by atoms with Crippen LogP contribution < -0.4 is 5.32 Å². The first-order valence-electron chi connectivity index (χ1n) is 8.31. The molecule has 0 unspecified atom stereocenters. The monoisotopic (exact) mass is 333 g/mol. The molecular formula is C18H24FN3O2. The molecule has 0 saturated carbocycles. The molecule has 1 fully saturated rings. The number of benzene rings is 1. The van der Waals surface area contributed by atoms with Crippen LogP contribution in [0.2, 0.25) is 0 Å². The number of likely N-dealkylation sites (tertiary alicyclic amines) is 1. The molecule has 0 aliphatic carbocycles. The number of nitrogens with zero attached hydrogens (tertiary/aromatic N) is 1. The Hall–Kier alpha value is -1.92. The lowest BCUT2D eigenvalue weighted by Crippen LogP contribution is -2.33. The van der Waals surface area contributed by atoms with Crippen LogP contribution in [0, 0.1) is 18.7 Å². The Labute approximate surface area is 141 Å². The molecule has 1 aliphatic heterocycles. The molecule has 1 aromatic heterocycles. The Balaban J connectivity index is 1.58. The number of rotatable bonds is 6. The summed E-state index contributed by atoms with van der Waals surface area (Å²) in [6, 6.07) is 4.86. The third kappa shape index (κ3) is 3.76. The topological polar surface area (TPSA) is 57.4 Å². The molecule has 1 aliphatic rings. The molecule has 1 amide bonds. The highest BCUT2D eigenvalue weighted by atomic mass is 19.1. The molecule has 1 aromatic carbocycles. The Morgan fingerprint density at radius 2 is 2.33 bits per heavy atom. The van der Waals surface area contributed by atoms with Gasteiger partial charge in [0, 0.05) is 43.3 Å². The standard InChI is InChI=1S/C18H24FN3O2/c1-12-15-7-14(19)3-4-16(15)21-17(12)10-22-6-5-13(9-22)8-20-18(23)11-24-2/h3-4,7,13,21H,5-6,8-11H2,1-2H3,(H,20,23)/t13-/m1/s1. The summed E-state index contributed by atoms with van der Waals surface area (Å²) in [5, 5.41) is 3.86. The average Bonchev–Trinajstić information content (AvgIpc) is 3.12. The summed E-state index contributed by atoms with van der Waals surface area (Å²) in [7, 11) is 1.52. The second-order valence-corrected chi connectivity index (χ2v) is 6.55. The highest BCUT2D eigenvalue weighted by Gasteiger charge is 2.24. The number of amides is 1. The van der Waals surface area contributed by atoms with Crippen LogP contribution in [0.4, 0.5) is 4.39 Å². The fourth-order valence-corrected chi connectivity index (χ4v) is 3.40. The van der Waals surface area contributed by atoms with Gasteiger partial charge in [0.15, 0.2) is 0 Å². The quantitative estimate of drug-likeness (QED) is 0.852. The zero-order valence-electron chi connectivity index (χ0n) is 14.2. The highest BCUT2D eigenvalue weighted by molar-refractivity contribution is 5.84. The minimum atomic E-state index is -0.204. The lowest BCUT2D eigenvalue weighted by atomic mass is 10.1. The molecule has 1 saturated heterocycles. The van der Waals surface area contributed by atoms with E-state index in [0.29, 0.717) is 12.5 Å². The Kier molecular flexibility index (Phi) is 5.16. The van der Waals surface area contributed by atoms with Crippen LogP contribution in [0.3, 0.4) is 0 Å². The van der Waals surface area contributed by atoms with Crippen LogP contribution in [-0.4, -0.2) is 49.1 Å². The smallest absolute Gasteiger partial charge is 0.245 e. The summed E-state index contributed by atoms with van der Waals surface area (Å²) in [6.07, 6.45) is 1.07. The Morgan fingerprint density at radius 1 is 1.50 bits per heavy atom. The molecule has 0 radical (unpaired) electrons. The summed E-state index contributed by atoms with van der Waals surface area (Å²) < 4.78 is 18.2. The summed E-state index contributed by atoms with van der Waals surface area (Å²) in [4.78, 5) is 17.2. The molecule has 24 heavy (non-hydrogen) atoms. The maximum atomic E-state index is 13.4. The van der Waals surface area contributed by atoms with Crippen molar-refractivity contribution in [1.29, 1.82) is 0 Å². The van der Waals surface area contributed by atoms with Gasteiger partial charge in [0.05, 0.1) is 0 Å². The number of fused-ring (bicyclic) bond motifs is 1. The van der Waals surface area contributed by atoms with Crippen molar-refractivity contribution in [2.24, 2.45) is 5.92 Å². The third-order valence-electron chi connectivity index (χ3n) is 4.74. The number of H-pyrrole nitrogens is 1. The minimum Gasteiger partial charge on any atom is -0.375 e. The highest BCUT2D eigenvalue weighted by Crippen LogP contribution is 2.25. The van der Waals surface area contributed by atoms with Gasteiger partial charge in [-0.3, -0.25) is 9.69 Å². The number of halogens is 1. The summed E-state index contributed by atoms with van der Waals surface area (Å²) >= 11 is 0. The Bertz CT molecular complexity index is 728. The summed E-state index contributed by atoms with van der Waals surface area (Å²) in [5.74, 6) is 0.196. The zero-order chi connectivity index (χ0) is 17.1. The molecule has 2 aromatic rings. The van der Waals surface area contributed by atoms with Crippen molar-refractivity contribution in [2.75, 3.05) is 33.4 Å². The molecule has 0 spiro atoms. The number of hydrogen-bond acceptors (Lipinski definition) is 3. The van der Waals surface area contributed by atoms with Crippen LogP contribution in [0.5, 0.6) is 0 Å². The maximum absolute atomic E-state index is 13.4. The van der Waals surface area contributed by atoms with Gasteiger partial charge in [0.2, 0.25) is 5.91 Å². The maximum Gasteiger partial charge on any atom is 0.245 e. The van der Waals surface area contributed by atoms with E-state index < -0.39 is 0 Å². The number of ether oxygens (including phenoxy) is 1. The molecule has 2 heterocycles. The van der Waals surface area contributed by atoms with Crippen LogP contribution in [0.1, 0.15) is 17.7 Å². The van der Waals surface area contributed by atoms with Crippen molar-refractivity contribution in [3.8, 4) is 0 Å². The predicted molar refractivity (Wildman–Crippen MR) is 91.3 cm³/mol. The van der Waals surface area contributed by atoms with Crippen molar-refractivity contribution >= 4 is 16.8 Å². The van der Waals surface area contributed by atoms with Crippen molar-refractivity contribution in [1.82, 2.24) is 15.2 Å². The van der Waals surface area contributed by atoms with Gasteiger partial charge in [-0.05, 0) is 49.6 Å². The van der Waals surface area contributed by atoms with Gasteiger partial charge in [-0.1, -0.05) is 0 Å². The van der Waals surface area contributed by atoms with E-state index in [9.17, 15) is 9.18 Å². The number of carbonyl (C=O) groups is 1. The van der Waals surface area contributed by atoms with E-state index in [1.807, 2.05) is 6.92 Å². The molecule has 2 N–H and O–H groups in total. The van der Waals surface area contributed by atoms with Crippen LogP contribution >= 0.6 is 0 Å². The van der Waals surface area contributed by atoms with Gasteiger partial charge < -0.3 is 15.0 Å². The van der Waals surface area contributed by atoms with E-state index in [4.69, 9.17) is 4.74 Å². The molecule has 6 heteroatoms. The summed E-state index contributed by atoms with van der Waals surface area (Å²) in [6.45, 7) is 5.62. The lowest BCUT2D eigenvalue weighted by Gasteiger charge is -2.16. The van der Waals surface area contributed by atoms with Crippen LogP contribution in [0.15, 0.2) is 18.2 Å². The van der Waals surface area contributed by atoms with Gasteiger partial charge in [-0.15, -0.1) is 0 Å². The van der Waals surface area contributed by atoms with E-state index in [2.05, 4.69) is 15.2 Å². The molecule has 3 rings (SSSR count). The Morgan fingerprint density at radius 3 is 3.12 bits per heavy atom. The van der Waals surface area contributed by atoms with E-state index in [-0.39, 0.29) is 18.3 Å². The predicted octanol–water partition coefficient (Wildman–Crippen LogP) is 2.20. The van der Waals surface area contributed by atoms with Gasteiger partial charge >= 0.3 is 0 Å². The normalized spacial score (nSPS) is 18.4. The molecule has 1 atom stereocenters. The van der Waals surface area contributed by atoms with E-state index >= 15 is 0 Å². The first-order chi connectivity index (χ1) is 11.6. The molecular weight excluding hydrogens is 309 g/mol. The van der Waals surface area contributed by atoms with Crippen molar-refractivity contribution in [3.63, 3.8) is 0 Å². The van der Waals surface area contributed by atoms with Crippen molar-refractivity contribution in [3.05, 3.63) is 35.3 Å². The van der Waals surface area contributed by atoms with Gasteiger partial charge in [0.1, 0.15) is 12.4 Å². The number of aromatic nitrogens is 1. The average molecular weight is 333 g/mol. The zero-order valence-corrected chi connectivity index (χ0v) is 14.2. The lowest BCUT2D eigenvalue weighted by molar-refractivity contribution is -0.124. The fourth-order valence-electron chi connectivity index (χ4n) is 3.40. The van der Waals surface area contributed by atoms with E-state index in [0.717, 1.165) is 48.2 Å². The number of aryl methyl sites for hydroxylation is 1. The van der Waals surface area contributed by atoms with Crippen LogP contribution in [-0.2, 0) is 16.1 Å².